The Balaban J connectivity index is 2.39. The quantitative estimate of drug-likeness (QED) is 0.809. The zero-order valence-corrected chi connectivity index (χ0v) is 12.3. The Hall–Kier alpha value is -2.34. The minimum Gasteiger partial charge on any atom is -0.497 e. The number of hydrogen-bond acceptors (Lipinski definition) is 4. The van der Waals surface area contributed by atoms with Gasteiger partial charge in [0.2, 0.25) is 0 Å². The summed E-state index contributed by atoms with van der Waals surface area (Å²) in [6, 6.07) is 11.1. The van der Waals surface area contributed by atoms with E-state index >= 15 is 0 Å². The number of carbonyl (C=O) groups is 1. The number of para-hydroxylation sites is 1. The number of anilines is 1. The summed E-state index contributed by atoms with van der Waals surface area (Å²) >= 11 is 0. The van der Waals surface area contributed by atoms with Crippen molar-refractivity contribution in [2.24, 2.45) is 0 Å². The molecule has 0 bridgehead atoms. The van der Waals surface area contributed by atoms with Crippen LogP contribution in [0.15, 0.2) is 47.4 Å². The molecule has 0 unspecified atom stereocenters. The molecule has 2 aromatic rings. The summed E-state index contributed by atoms with van der Waals surface area (Å²) in [5.74, 6) is 0.0839. The van der Waals surface area contributed by atoms with Crippen LogP contribution in [0.5, 0.6) is 5.75 Å². The fourth-order valence-electron chi connectivity index (χ4n) is 2.39. The molecule has 0 N–H and O–H groups in total. The Labute approximate surface area is 122 Å². The van der Waals surface area contributed by atoms with Gasteiger partial charge in [-0.15, -0.1) is 0 Å². The summed E-state index contributed by atoms with van der Waals surface area (Å²) in [5.41, 5.74) is 0.901. The highest BCUT2D eigenvalue weighted by atomic mass is 32.2. The number of fused-ring (bicyclic) bond motifs is 2. The van der Waals surface area contributed by atoms with Gasteiger partial charge in [-0.1, -0.05) is 12.1 Å². The van der Waals surface area contributed by atoms with Crippen LogP contribution in [0.3, 0.4) is 0 Å². The predicted octanol–water partition coefficient (Wildman–Crippen LogP) is 2.06. The van der Waals surface area contributed by atoms with Crippen LogP contribution < -0.4 is 9.04 Å². The first-order valence-corrected chi connectivity index (χ1v) is 7.71. The summed E-state index contributed by atoms with van der Waals surface area (Å²) in [6.45, 7) is 0. The molecule has 0 radical (unpaired) electrons. The lowest BCUT2D eigenvalue weighted by Crippen LogP contribution is -2.26. The van der Waals surface area contributed by atoms with E-state index in [1.54, 1.807) is 30.3 Å². The highest BCUT2D eigenvalue weighted by Crippen LogP contribution is 2.35. The lowest BCUT2D eigenvalue weighted by Gasteiger charge is -2.19. The van der Waals surface area contributed by atoms with E-state index in [4.69, 9.17) is 4.74 Å². The molecule has 0 saturated carbocycles. The lowest BCUT2D eigenvalue weighted by atomic mass is 10.0. The number of hydrogen-bond donors (Lipinski definition) is 0. The number of ether oxygens (including phenoxy) is 1. The first kappa shape index (κ1) is 13.6. The molecule has 0 atom stereocenters. The Kier molecular flexibility index (Phi) is 2.98. The molecule has 0 aromatic heterocycles. The second kappa shape index (κ2) is 4.60. The second-order valence-corrected chi connectivity index (χ2v) is 6.62. The number of benzene rings is 2. The molecular weight excluding hydrogens is 290 g/mol. The SMILES string of the molecule is COc1ccc2c(c1)S(=O)(=O)N(C)c1ccccc1C2=O. The molecule has 3 rings (SSSR count). The smallest absolute Gasteiger partial charge is 0.264 e. The Morgan fingerprint density at radius 3 is 2.48 bits per heavy atom. The summed E-state index contributed by atoms with van der Waals surface area (Å²) < 4.78 is 31.6. The third kappa shape index (κ3) is 1.91. The molecule has 1 heterocycles. The van der Waals surface area contributed by atoms with Crippen molar-refractivity contribution < 1.29 is 17.9 Å². The minimum atomic E-state index is -3.80. The summed E-state index contributed by atoms with van der Waals surface area (Å²) in [5, 5.41) is 0. The van der Waals surface area contributed by atoms with Crippen molar-refractivity contribution >= 4 is 21.5 Å². The van der Waals surface area contributed by atoms with Gasteiger partial charge in [-0.05, 0) is 24.3 Å². The van der Waals surface area contributed by atoms with Gasteiger partial charge in [0.05, 0.1) is 12.8 Å². The third-order valence-corrected chi connectivity index (χ3v) is 5.37. The zero-order chi connectivity index (χ0) is 15.2. The van der Waals surface area contributed by atoms with Gasteiger partial charge in [0.15, 0.2) is 5.78 Å². The number of nitrogens with zero attached hydrogens (tertiary/aromatic N) is 1. The minimum absolute atomic E-state index is 0.0365. The second-order valence-electron chi connectivity index (χ2n) is 4.68. The largest absolute Gasteiger partial charge is 0.497 e. The fourth-order valence-corrected chi connectivity index (χ4v) is 3.81. The molecule has 1 aliphatic heterocycles. The Morgan fingerprint density at radius 2 is 1.76 bits per heavy atom. The van der Waals surface area contributed by atoms with Crippen LogP contribution in [0.1, 0.15) is 15.9 Å². The van der Waals surface area contributed by atoms with Crippen LogP contribution in [0.4, 0.5) is 5.69 Å². The third-order valence-electron chi connectivity index (χ3n) is 3.56. The topological polar surface area (TPSA) is 63.7 Å². The van der Waals surface area contributed by atoms with E-state index in [9.17, 15) is 13.2 Å². The predicted molar refractivity (Wildman–Crippen MR) is 78.5 cm³/mol. The molecule has 108 valence electrons. The number of ketones is 1. The summed E-state index contributed by atoms with van der Waals surface area (Å²) in [6.07, 6.45) is 0. The van der Waals surface area contributed by atoms with Crippen LogP contribution >= 0.6 is 0 Å². The molecule has 1 aliphatic rings. The van der Waals surface area contributed by atoms with Crippen molar-refractivity contribution in [1.29, 1.82) is 0 Å². The monoisotopic (exact) mass is 303 g/mol. The molecule has 21 heavy (non-hydrogen) atoms. The molecule has 0 aliphatic carbocycles. The van der Waals surface area contributed by atoms with Crippen LogP contribution in [0.25, 0.3) is 0 Å². The number of carbonyl (C=O) groups excluding carboxylic acids is 1. The van der Waals surface area contributed by atoms with Crippen LogP contribution in [-0.2, 0) is 10.0 Å². The van der Waals surface area contributed by atoms with E-state index in [0.717, 1.165) is 4.31 Å². The standard InChI is InChI=1S/C15H13NO4S/c1-16-13-6-4-3-5-11(13)15(17)12-8-7-10(20-2)9-14(12)21(16,18)19/h3-9H,1-2H3. The fraction of sp³-hybridized carbons (Fsp3) is 0.133. The lowest BCUT2D eigenvalue weighted by molar-refractivity contribution is 0.103. The maximum absolute atomic E-state index is 12.7. The molecule has 6 heteroatoms. The molecule has 0 saturated heterocycles. The van der Waals surface area contributed by atoms with Crippen LogP contribution in [0, 0.1) is 0 Å². The van der Waals surface area contributed by atoms with Gasteiger partial charge in [-0.3, -0.25) is 9.10 Å². The van der Waals surface area contributed by atoms with Gasteiger partial charge < -0.3 is 4.74 Å². The zero-order valence-electron chi connectivity index (χ0n) is 11.5. The van der Waals surface area contributed by atoms with Crippen molar-refractivity contribution in [3.8, 4) is 5.75 Å². The molecule has 5 nitrogen and oxygen atoms in total. The highest BCUT2D eigenvalue weighted by molar-refractivity contribution is 7.93. The number of rotatable bonds is 1. The van der Waals surface area contributed by atoms with E-state index < -0.39 is 10.0 Å². The summed E-state index contributed by atoms with van der Waals surface area (Å²) in [4.78, 5) is 12.6. The van der Waals surface area contributed by atoms with Gasteiger partial charge in [0, 0.05) is 24.2 Å². The Bertz CT molecular complexity index is 843. The maximum atomic E-state index is 12.7. The number of sulfonamides is 1. The molecule has 2 aromatic carbocycles. The number of methoxy groups -OCH3 is 1. The van der Waals surface area contributed by atoms with E-state index in [1.165, 1.54) is 26.3 Å². The molecule has 0 fully saturated rings. The van der Waals surface area contributed by atoms with E-state index in [1.807, 2.05) is 0 Å². The van der Waals surface area contributed by atoms with E-state index in [0.29, 0.717) is 17.0 Å². The van der Waals surface area contributed by atoms with Crippen molar-refractivity contribution in [1.82, 2.24) is 0 Å². The average Bonchev–Trinajstić information content (AvgIpc) is 2.57. The molecule has 0 spiro atoms. The van der Waals surface area contributed by atoms with E-state index in [-0.39, 0.29) is 16.2 Å². The summed E-state index contributed by atoms with van der Waals surface area (Å²) in [7, 11) is -0.913. The van der Waals surface area contributed by atoms with Gasteiger partial charge in [-0.2, -0.15) is 0 Å². The molecular formula is C15H13NO4S. The van der Waals surface area contributed by atoms with Crippen LogP contribution in [0.2, 0.25) is 0 Å². The molecule has 0 amide bonds. The average molecular weight is 303 g/mol. The maximum Gasteiger partial charge on any atom is 0.264 e. The van der Waals surface area contributed by atoms with Crippen molar-refractivity contribution in [3.63, 3.8) is 0 Å². The normalized spacial score (nSPS) is 15.9. The van der Waals surface area contributed by atoms with Gasteiger partial charge in [0.1, 0.15) is 10.6 Å². The van der Waals surface area contributed by atoms with Gasteiger partial charge in [-0.25, -0.2) is 8.42 Å². The Morgan fingerprint density at radius 1 is 1.05 bits per heavy atom. The van der Waals surface area contributed by atoms with Crippen molar-refractivity contribution in [2.75, 3.05) is 18.5 Å². The first-order valence-electron chi connectivity index (χ1n) is 6.27. The van der Waals surface area contributed by atoms with Crippen molar-refractivity contribution in [3.05, 3.63) is 53.6 Å². The van der Waals surface area contributed by atoms with Gasteiger partial charge in [0.25, 0.3) is 10.0 Å². The highest BCUT2D eigenvalue weighted by Gasteiger charge is 2.34. The van der Waals surface area contributed by atoms with Crippen molar-refractivity contribution in [2.45, 2.75) is 4.90 Å². The van der Waals surface area contributed by atoms with Gasteiger partial charge >= 0.3 is 0 Å². The first-order chi connectivity index (χ1) is 9.96. The van der Waals surface area contributed by atoms with Crippen LogP contribution in [-0.4, -0.2) is 28.4 Å². The van der Waals surface area contributed by atoms with E-state index in [2.05, 4.69) is 0 Å².